The first-order chi connectivity index (χ1) is 6.16. The van der Waals surface area contributed by atoms with Crippen molar-refractivity contribution in [3.05, 3.63) is 35.0 Å². The molecule has 0 bridgehead atoms. The molecule has 0 aromatic rings. The zero-order valence-corrected chi connectivity index (χ0v) is 7.57. The Morgan fingerprint density at radius 2 is 2.46 bits per heavy atom. The van der Waals surface area contributed by atoms with Crippen molar-refractivity contribution in [3.63, 3.8) is 0 Å². The number of hydrogen-bond donors (Lipinski definition) is 2. The molecule has 1 aliphatic rings. The summed E-state index contributed by atoms with van der Waals surface area (Å²) in [6.45, 7) is 4.12. The number of hydroxylamine groups is 1. The quantitative estimate of drug-likeness (QED) is 0.680. The molecule has 72 valence electrons. The lowest BCUT2D eigenvalue weighted by atomic mass is 10.2. The van der Waals surface area contributed by atoms with Crippen LogP contribution in [-0.4, -0.2) is 11.8 Å². The van der Waals surface area contributed by atoms with E-state index in [1.54, 1.807) is 5.48 Å². The number of nitrogens with one attached hydrogen (secondary N) is 1. The van der Waals surface area contributed by atoms with Crippen LogP contribution >= 0.6 is 11.6 Å². The van der Waals surface area contributed by atoms with Gasteiger partial charge in [-0.25, -0.2) is 4.39 Å². The highest BCUT2D eigenvalue weighted by atomic mass is 35.5. The van der Waals surface area contributed by atoms with Crippen LogP contribution in [0.15, 0.2) is 35.0 Å². The number of ether oxygens (including phenoxy) is 1. The molecule has 2 N–H and O–H groups in total. The molecule has 1 aliphatic heterocycles. The van der Waals surface area contributed by atoms with Gasteiger partial charge in [-0.2, -0.15) is 0 Å². The van der Waals surface area contributed by atoms with Crippen LogP contribution in [0.1, 0.15) is 6.42 Å². The zero-order valence-electron chi connectivity index (χ0n) is 6.81. The number of rotatable bonds is 2. The van der Waals surface area contributed by atoms with Gasteiger partial charge in [-0.15, -0.1) is 0 Å². The van der Waals surface area contributed by atoms with Crippen LogP contribution in [0.5, 0.6) is 0 Å². The number of halogens is 2. The van der Waals surface area contributed by atoms with Gasteiger partial charge >= 0.3 is 0 Å². The fourth-order valence-corrected chi connectivity index (χ4v) is 1.18. The Labute approximate surface area is 80.1 Å². The zero-order chi connectivity index (χ0) is 9.84. The molecule has 13 heavy (non-hydrogen) atoms. The van der Waals surface area contributed by atoms with Crippen molar-refractivity contribution in [2.75, 3.05) is 6.61 Å². The standard InChI is InChI=1S/C8H9ClFNO2/c1-5-2-3-13-8(5)7(9)6(10)4-11-12/h4,11-12H,1-3H2/b6-4+,8-7-. The molecule has 1 saturated heterocycles. The van der Waals surface area contributed by atoms with Crippen LogP contribution < -0.4 is 5.48 Å². The van der Waals surface area contributed by atoms with Crippen LogP contribution in [0.25, 0.3) is 0 Å². The lowest BCUT2D eigenvalue weighted by Crippen LogP contribution is -1.97. The van der Waals surface area contributed by atoms with E-state index in [0.29, 0.717) is 18.6 Å². The summed E-state index contributed by atoms with van der Waals surface area (Å²) in [6, 6.07) is 0. The third-order valence-corrected chi connectivity index (χ3v) is 1.92. The highest BCUT2D eigenvalue weighted by Gasteiger charge is 2.19. The second-order valence-electron chi connectivity index (χ2n) is 2.47. The minimum absolute atomic E-state index is 0.177. The van der Waals surface area contributed by atoms with Crippen molar-refractivity contribution >= 4 is 11.6 Å². The van der Waals surface area contributed by atoms with E-state index in [1.807, 2.05) is 0 Å². The molecule has 0 saturated carbocycles. The third kappa shape index (κ3) is 2.23. The molecular weight excluding hydrogens is 197 g/mol. The molecule has 1 heterocycles. The normalized spacial score (nSPS) is 21.5. The van der Waals surface area contributed by atoms with E-state index in [1.165, 1.54) is 0 Å². The maximum Gasteiger partial charge on any atom is 0.163 e. The summed E-state index contributed by atoms with van der Waals surface area (Å²) in [5.41, 5.74) is 2.20. The predicted molar refractivity (Wildman–Crippen MR) is 46.7 cm³/mol. The molecule has 1 fully saturated rings. The van der Waals surface area contributed by atoms with Gasteiger partial charge in [0.1, 0.15) is 10.8 Å². The average Bonchev–Trinajstić information content (AvgIpc) is 2.50. The van der Waals surface area contributed by atoms with Crippen LogP contribution in [0.4, 0.5) is 4.39 Å². The van der Waals surface area contributed by atoms with E-state index in [4.69, 9.17) is 21.5 Å². The van der Waals surface area contributed by atoms with Crippen molar-refractivity contribution < 1.29 is 14.3 Å². The summed E-state index contributed by atoms with van der Waals surface area (Å²) >= 11 is 5.61. The summed E-state index contributed by atoms with van der Waals surface area (Å²) < 4.78 is 18.0. The topological polar surface area (TPSA) is 41.5 Å². The molecule has 0 amide bonds. The second kappa shape index (κ2) is 4.30. The molecule has 0 aromatic carbocycles. The maximum atomic E-state index is 12.9. The van der Waals surface area contributed by atoms with Crippen molar-refractivity contribution in [1.29, 1.82) is 0 Å². The predicted octanol–water partition coefficient (Wildman–Crippen LogP) is 2.20. The van der Waals surface area contributed by atoms with Gasteiger partial charge in [0.2, 0.25) is 0 Å². The first kappa shape index (κ1) is 10.1. The van der Waals surface area contributed by atoms with E-state index < -0.39 is 5.83 Å². The molecule has 3 nitrogen and oxygen atoms in total. The van der Waals surface area contributed by atoms with Crippen molar-refractivity contribution in [3.8, 4) is 0 Å². The van der Waals surface area contributed by atoms with Crippen LogP contribution in [0.2, 0.25) is 0 Å². The summed E-state index contributed by atoms with van der Waals surface area (Å²) in [5, 5.41) is 8.01. The van der Waals surface area contributed by atoms with Gasteiger partial charge in [0.25, 0.3) is 0 Å². The van der Waals surface area contributed by atoms with E-state index in [2.05, 4.69) is 6.58 Å². The summed E-state index contributed by atoms with van der Waals surface area (Å²) in [4.78, 5) is 0. The Bertz CT molecular complexity index is 286. The largest absolute Gasteiger partial charge is 0.491 e. The molecule has 5 heteroatoms. The fraction of sp³-hybridized carbons (Fsp3) is 0.250. The first-order valence-corrected chi connectivity index (χ1v) is 4.01. The highest BCUT2D eigenvalue weighted by Crippen LogP contribution is 2.30. The minimum Gasteiger partial charge on any atom is -0.491 e. The fourth-order valence-electron chi connectivity index (χ4n) is 0.939. The second-order valence-corrected chi connectivity index (χ2v) is 2.84. The Hall–Kier alpha value is -1.00. The van der Waals surface area contributed by atoms with Gasteiger partial charge in [-0.1, -0.05) is 18.2 Å². The molecule has 0 aliphatic carbocycles. The van der Waals surface area contributed by atoms with Gasteiger partial charge in [-0.3, -0.25) is 10.7 Å². The Morgan fingerprint density at radius 1 is 1.77 bits per heavy atom. The monoisotopic (exact) mass is 205 g/mol. The highest BCUT2D eigenvalue weighted by molar-refractivity contribution is 6.32. The smallest absolute Gasteiger partial charge is 0.163 e. The molecule has 0 aromatic heterocycles. The van der Waals surface area contributed by atoms with E-state index >= 15 is 0 Å². The Morgan fingerprint density at radius 3 is 2.92 bits per heavy atom. The lowest BCUT2D eigenvalue weighted by Gasteiger charge is -2.02. The Kier molecular flexibility index (Phi) is 3.33. The summed E-state index contributed by atoms with van der Waals surface area (Å²) in [7, 11) is 0. The minimum atomic E-state index is -0.790. The van der Waals surface area contributed by atoms with Gasteiger partial charge in [-0.05, 0) is 5.57 Å². The van der Waals surface area contributed by atoms with Gasteiger partial charge < -0.3 is 4.74 Å². The van der Waals surface area contributed by atoms with E-state index in [-0.39, 0.29) is 10.8 Å². The molecule has 0 atom stereocenters. The van der Waals surface area contributed by atoms with E-state index in [9.17, 15) is 4.39 Å². The van der Waals surface area contributed by atoms with Crippen LogP contribution in [0.3, 0.4) is 0 Å². The van der Waals surface area contributed by atoms with Gasteiger partial charge in [0.15, 0.2) is 5.83 Å². The Balaban J connectivity index is 2.91. The summed E-state index contributed by atoms with van der Waals surface area (Å²) in [6.07, 6.45) is 1.37. The van der Waals surface area contributed by atoms with Crippen LogP contribution in [-0.2, 0) is 4.74 Å². The first-order valence-electron chi connectivity index (χ1n) is 3.63. The van der Waals surface area contributed by atoms with Crippen molar-refractivity contribution in [2.45, 2.75) is 6.42 Å². The third-order valence-electron chi connectivity index (χ3n) is 1.57. The van der Waals surface area contributed by atoms with E-state index in [0.717, 1.165) is 6.20 Å². The number of hydrogen-bond acceptors (Lipinski definition) is 3. The maximum absolute atomic E-state index is 12.9. The number of allylic oxidation sites excluding steroid dienone is 3. The van der Waals surface area contributed by atoms with Crippen molar-refractivity contribution in [2.24, 2.45) is 0 Å². The van der Waals surface area contributed by atoms with Gasteiger partial charge in [0.05, 0.1) is 12.8 Å². The lowest BCUT2D eigenvalue weighted by molar-refractivity contribution is 0.211. The average molecular weight is 206 g/mol. The van der Waals surface area contributed by atoms with Gasteiger partial charge in [0, 0.05) is 6.42 Å². The molecule has 0 spiro atoms. The molecule has 0 radical (unpaired) electrons. The molecule has 1 rings (SSSR count). The molecule has 0 unspecified atom stereocenters. The molecular formula is C8H9ClFNO2. The summed E-state index contributed by atoms with van der Waals surface area (Å²) in [5.74, 6) is -0.534. The van der Waals surface area contributed by atoms with Crippen molar-refractivity contribution in [1.82, 2.24) is 5.48 Å². The van der Waals surface area contributed by atoms with Crippen LogP contribution in [0, 0.1) is 0 Å². The SMILES string of the molecule is C=C1CCO/C1=C(Cl)/C(F)=C\NO.